The Hall–Kier alpha value is -1.09. The second-order valence-corrected chi connectivity index (χ2v) is 5.35. The van der Waals surface area contributed by atoms with Crippen LogP contribution in [0.25, 0.3) is 0 Å². The average molecular weight is 257 g/mol. The van der Waals surface area contributed by atoms with Gasteiger partial charge in [-0.3, -0.25) is 4.79 Å². The molecule has 0 heterocycles. The summed E-state index contributed by atoms with van der Waals surface area (Å²) in [7, 11) is 0. The van der Waals surface area contributed by atoms with Gasteiger partial charge in [-0.05, 0) is 49.8 Å². The first-order valence-electron chi connectivity index (χ1n) is 5.61. The van der Waals surface area contributed by atoms with Gasteiger partial charge in [0.25, 0.3) is 0 Å². The summed E-state index contributed by atoms with van der Waals surface area (Å²) >= 11 is 5.67. The fourth-order valence-corrected chi connectivity index (χ4v) is 2.33. The Bertz CT molecular complexity index is 457. The molecule has 1 aromatic carbocycles. The normalized spacial score (nSPS) is 18.8. The van der Waals surface area contributed by atoms with Gasteiger partial charge in [-0.15, -0.1) is 0 Å². The molecule has 1 fully saturated rings. The summed E-state index contributed by atoms with van der Waals surface area (Å²) in [6, 6.07) is 4.39. The molecule has 0 saturated heterocycles. The van der Waals surface area contributed by atoms with Crippen molar-refractivity contribution in [1.82, 2.24) is 0 Å². The molecule has 0 bridgehead atoms. The molecule has 2 nitrogen and oxygen atoms in total. The van der Waals surface area contributed by atoms with E-state index in [9.17, 15) is 14.3 Å². The number of hydrogen-bond donors (Lipinski definition) is 1. The predicted octanol–water partition coefficient (Wildman–Crippen LogP) is 3.52. The molecule has 0 spiro atoms. The van der Waals surface area contributed by atoms with E-state index in [1.54, 1.807) is 19.1 Å². The minimum atomic E-state index is -0.866. The van der Waals surface area contributed by atoms with Gasteiger partial charge < -0.3 is 5.11 Å². The fraction of sp³-hybridized carbons (Fsp3) is 0.462. The van der Waals surface area contributed by atoms with Crippen LogP contribution < -0.4 is 0 Å². The van der Waals surface area contributed by atoms with Crippen molar-refractivity contribution in [3.8, 4) is 0 Å². The van der Waals surface area contributed by atoms with Crippen molar-refractivity contribution in [2.24, 2.45) is 11.3 Å². The summed E-state index contributed by atoms with van der Waals surface area (Å²) in [5, 5.41) is 9.63. The molecule has 0 amide bonds. The number of carboxylic acid groups (broad SMARTS) is 1. The van der Waals surface area contributed by atoms with Crippen LogP contribution >= 0.6 is 11.6 Å². The zero-order valence-corrected chi connectivity index (χ0v) is 10.3. The van der Waals surface area contributed by atoms with E-state index >= 15 is 0 Å². The van der Waals surface area contributed by atoms with E-state index in [1.807, 2.05) is 0 Å². The van der Waals surface area contributed by atoms with Crippen LogP contribution in [-0.2, 0) is 11.2 Å². The van der Waals surface area contributed by atoms with Crippen LogP contribution in [0, 0.1) is 17.2 Å². The first-order valence-corrected chi connectivity index (χ1v) is 5.98. The third-order valence-corrected chi connectivity index (χ3v) is 3.77. The Balaban J connectivity index is 2.26. The highest BCUT2D eigenvalue weighted by atomic mass is 35.5. The van der Waals surface area contributed by atoms with E-state index < -0.39 is 17.2 Å². The van der Waals surface area contributed by atoms with Crippen LogP contribution in [-0.4, -0.2) is 11.1 Å². The smallest absolute Gasteiger partial charge is 0.309 e. The first-order chi connectivity index (χ1) is 7.93. The Morgan fingerprint density at radius 2 is 2.24 bits per heavy atom. The minimum Gasteiger partial charge on any atom is -0.481 e. The molecule has 1 aliphatic rings. The van der Waals surface area contributed by atoms with Crippen molar-refractivity contribution in [2.75, 3.05) is 0 Å². The quantitative estimate of drug-likeness (QED) is 0.895. The molecule has 0 aromatic heterocycles. The monoisotopic (exact) mass is 256 g/mol. The minimum absolute atomic E-state index is 0.162. The molecule has 1 aliphatic carbocycles. The molecular formula is C13H14ClFO2. The number of halogens is 2. The molecule has 1 saturated carbocycles. The maximum absolute atomic E-state index is 13.7. The molecular weight excluding hydrogens is 243 g/mol. The van der Waals surface area contributed by atoms with Crippen LogP contribution in [0.2, 0.25) is 5.02 Å². The van der Waals surface area contributed by atoms with Crippen molar-refractivity contribution in [2.45, 2.75) is 26.2 Å². The molecule has 1 aromatic rings. The van der Waals surface area contributed by atoms with Crippen LogP contribution in [0.5, 0.6) is 0 Å². The summed E-state index contributed by atoms with van der Waals surface area (Å²) in [6.45, 7) is 1.70. The molecule has 1 unspecified atom stereocenters. The fourth-order valence-electron chi connectivity index (χ4n) is 2.18. The average Bonchev–Trinajstić information content (AvgIpc) is 3.05. The summed E-state index contributed by atoms with van der Waals surface area (Å²) in [5.74, 6) is -1.12. The third-order valence-electron chi connectivity index (χ3n) is 3.54. The lowest BCUT2D eigenvalue weighted by molar-refractivity contribution is -0.149. The number of aliphatic carboxylic acids is 1. The molecule has 1 atom stereocenters. The van der Waals surface area contributed by atoms with E-state index in [2.05, 4.69) is 0 Å². The lowest BCUT2D eigenvalue weighted by atomic mass is 9.79. The van der Waals surface area contributed by atoms with E-state index in [4.69, 9.17) is 11.6 Å². The zero-order chi connectivity index (χ0) is 12.6. The van der Waals surface area contributed by atoms with Crippen LogP contribution in [0.1, 0.15) is 25.3 Å². The van der Waals surface area contributed by atoms with Gasteiger partial charge in [0, 0.05) is 5.02 Å². The molecule has 0 aliphatic heterocycles. The summed E-state index contributed by atoms with van der Waals surface area (Å²) in [5.41, 5.74) is -0.444. The number of carboxylic acids is 1. The van der Waals surface area contributed by atoms with Crippen molar-refractivity contribution < 1.29 is 14.3 Å². The van der Waals surface area contributed by atoms with Crippen LogP contribution in [0.4, 0.5) is 4.39 Å². The Labute approximate surface area is 104 Å². The van der Waals surface area contributed by atoms with Gasteiger partial charge >= 0.3 is 5.97 Å². The molecule has 0 radical (unpaired) electrons. The second kappa shape index (κ2) is 4.30. The topological polar surface area (TPSA) is 37.3 Å². The summed E-state index contributed by atoms with van der Waals surface area (Å²) < 4.78 is 13.7. The van der Waals surface area contributed by atoms with Crippen molar-refractivity contribution >= 4 is 17.6 Å². The van der Waals surface area contributed by atoms with Gasteiger partial charge in [0.15, 0.2) is 0 Å². The number of rotatable bonds is 4. The second-order valence-electron chi connectivity index (χ2n) is 4.91. The van der Waals surface area contributed by atoms with E-state index in [0.717, 1.165) is 12.8 Å². The van der Waals surface area contributed by atoms with Gasteiger partial charge in [-0.1, -0.05) is 17.7 Å². The Morgan fingerprint density at radius 1 is 1.59 bits per heavy atom. The van der Waals surface area contributed by atoms with Crippen LogP contribution in [0.3, 0.4) is 0 Å². The Kier molecular flexibility index (Phi) is 3.13. The van der Waals surface area contributed by atoms with E-state index in [0.29, 0.717) is 10.6 Å². The summed E-state index contributed by atoms with van der Waals surface area (Å²) in [4.78, 5) is 11.3. The highest BCUT2D eigenvalue weighted by Crippen LogP contribution is 2.47. The maximum Gasteiger partial charge on any atom is 0.309 e. The first kappa shape index (κ1) is 12.4. The predicted molar refractivity (Wildman–Crippen MR) is 63.6 cm³/mol. The Morgan fingerprint density at radius 3 is 2.71 bits per heavy atom. The maximum atomic E-state index is 13.7. The zero-order valence-electron chi connectivity index (χ0n) is 9.54. The van der Waals surface area contributed by atoms with Gasteiger partial charge in [-0.25, -0.2) is 4.39 Å². The lowest BCUT2D eigenvalue weighted by Gasteiger charge is -2.24. The standard InChI is InChI=1S/C13H14ClFO2/c1-13(12(16)17,9-3-4-9)7-8-2-5-10(14)6-11(8)15/h2,5-6,9H,3-4,7H2,1H3,(H,16,17). The molecule has 17 heavy (non-hydrogen) atoms. The van der Waals surface area contributed by atoms with Gasteiger partial charge in [0.05, 0.1) is 5.41 Å². The van der Waals surface area contributed by atoms with E-state index in [1.165, 1.54) is 6.07 Å². The van der Waals surface area contributed by atoms with E-state index in [-0.39, 0.29) is 12.3 Å². The molecule has 92 valence electrons. The summed E-state index contributed by atoms with van der Waals surface area (Å²) in [6.07, 6.45) is 2.05. The third kappa shape index (κ3) is 2.44. The SMILES string of the molecule is CC(Cc1ccc(Cl)cc1F)(C(=O)O)C1CC1. The number of hydrogen-bond acceptors (Lipinski definition) is 1. The number of benzene rings is 1. The van der Waals surface area contributed by atoms with Crippen molar-refractivity contribution in [3.05, 3.63) is 34.6 Å². The van der Waals surface area contributed by atoms with Gasteiger partial charge in [0.1, 0.15) is 5.82 Å². The highest BCUT2D eigenvalue weighted by Gasteiger charge is 2.47. The highest BCUT2D eigenvalue weighted by molar-refractivity contribution is 6.30. The van der Waals surface area contributed by atoms with Gasteiger partial charge in [0.2, 0.25) is 0 Å². The van der Waals surface area contributed by atoms with Crippen LogP contribution in [0.15, 0.2) is 18.2 Å². The number of carbonyl (C=O) groups is 1. The van der Waals surface area contributed by atoms with Crippen molar-refractivity contribution in [3.63, 3.8) is 0 Å². The molecule has 4 heteroatoms. The molecule has 2 rings (SSSR count). The largest absolute Gasteiger partial charge is 0.481 e. The van der Waals surface area contributed by atoms with Gasteiger partial charge in [-0.2, -0.15) is 0 Å². The lowest BCUT2D eigenvalue weighted by Crippen LogP contribution is -2.32. The molecule has 1 N–H and O–H groups in total. The van der Waals surface area contributed by atoms with Crippen molar-refractivity contribution in [1.29, 1.82) is 0 Å².